The van der Waals surface area contributed by atoms with Crippen LogP contribution in [0, 0.1) is 0 Å². The zero-order chi connectivity index (χ0) is 87.1. The van der Waals surface area contributed by atoms with Crippen molar-refractivity contribution >= 4 is 160 Å². The average molecular weight is 1740 g/mol. The van der Waals surface area contributed by atoms with Crippen LogP contribution in [0.25, 0.3) is 244 Å². The Balaban J connectivity index is 0.000000107. The number of benzene rings is 18. The maximum Gasteiger partial charge on any atom is 0.161 e. The highest BCUT2D eigenvalue weighted by Crippen LogP contribution is 2.49. The number of fused-ring (bicyclic) bond motifs is 18. The Morgan fingerprint density at radius 1 is 0.152 bits per heavy atom. The average Bonchev–Trinajstić information content (AvgIpc) is 1.58. The van der Waals surface area contributed by atoms with Gasteiger partial charge in [0, 0.05) is 154 Å². The number of hydrogen-bond acceptors (Lipinski definition) is 8. The fraction of sp³-hybridized carbons (Fsp3) is 0. The number of hydrogen-bond donors (Lipinski definition) is 0. The Hall–Kier alpha value is -16.7. The van der Waals surface area contributed by atoms with Crippen molar-refractivity contribution in [1.82, 2.24) is 38.6 Å². The van der Waals surface area contributed by atoms with E-state index >= 15 is 0 Å². The predicted molar refractivity (Wildman–Crippen MR) is 559 cm³/mol. The summed E-state index contributed by atoms with van der Waals surface area (Å²) in [6.07, 6.45) is 0. The molecule has 0 unspecified atom stereocenters. The summed E-state index contributed by atoms with van der Waals surface area (Å²) in [7, 11) is 0. The van der Waals surface area contributed by atoms with Gasteiger partial charge in [0.2, 0.25) is 0 Å². The minimum absolute atomic E-state index is 0.714. The zero-order valence-corrected chi connectivity index (χ0v) is 73.6. The van der Waals surface area contributed by atoms with Crippen molar-refractivity contribution in [3.63, 3.8) is 0 Å². The van der Waals surface area contributed by atoms with Crippen LogP contribution < -0.4 is 0 Å². The molecule has 0 N–H and O–H groups in total. The van der Waals surface area contributed by atoms with E-state index in [0.29, 0.717) is 5.82 Å². The summed E-state index contributed by atoms with van der Waals surface area (Å²) in [5.41, 5.74) is 27.0. The first-order chi connectivity index (χ1) is 65.4. The maximum atomic E-state index is 5.39. The molecule has 9 heterocycles. The second-order valence-corrected chi connectivity index (χ2v) is 36.4. The molecule has 9 aromatic heterocycles. The molecular weight excluding hydrogens is 1660 g/mol. The lowest BCUT2D eigenvalue weighted by molar-refractivity contribution is 1.17. The lowest BCUT2D eigenvalue weighted by Gasteiger charge is -2.14. The first kappa shape index (κ1) is 77.7. The Kier molecular flexibility index (Phi) is 19.3. The molecule has 27 rings (SSSR count). The lowest BCUT2D eigenvalue weighted by Crippen LogP contribution is -1.99. The fourth-order valence-corrected chi connectivity index (χ4v) is 22.9. The van der Waals surface area contributed by atoms with E-state index in [1.165, 1.54) is 137 Å². The van der Waals surface area contributed by atoms with Crippen LogP contribution in [0.15, 0.2) is 461 Å². The summed E-state index contributed by atoms with van der Waals surface area (Å²) in [5, 5.41) is 15.0. The van der Waals surface area contributed by atoms with Crippen LogP contribution in [0.3, 0.4) is 0 Å². The Morgan fingerprint density at radius 2 is 0.402 bits per heavy atom. The van der Waals surface area contributed by atoms with Crippen molar-refractivity contribution in [3.8, 4) is 119 Å². The van der Waals surface area contributed by atoms with Crippen LogP contribution in [-0.2, 0) is 0 Å². The highest BCUT2D eigenvalue weighted by molar-refractivity contribution is 7.27. The van der Waals surface area contributed by atoms with E-state index in [-0.39, 0.29) is 0 Å². The molecule has 11 heteroatoms. The van der Waals surface area contributed by atoms with Gasteiger partial charge < -0.3 is 13.7 Å². The van der Waals surface area contributed by atoms with Crippen molar-refractivity contribution in [2.24, 2.45) is 0 Å². The van der Waals surface area contributed by atoms with Gasteiger partial charge in [0.15, 0.2) is 11.6 Å². The largest absolute Gasteiger partial charge is 0.309 e. The smallest absolute Gasteiger partial charge is 0.161 e. The number of aromatic nitrogens is 8. The quantitative estimate of drug-likeness (QED) is 0.122. The molecule has 0 amide bonds. The van der Waals surface area contributed by atoms with Gasteiger partial charge in [-0.3, -0.25) is 0 Å². The molecule has 0 spiro atoms. The minimum Gasteiger partial charge on any atom is -0.309 e. The first-order valence-electron chi connectivity index (χ1n) is 44.4. The lowest BCUT2D eigenvalue weighted by atomic mass is 10.0. The van der Waals surface area contributed by atoms with Gasteiger partial charge in [-0.1, -0.05) is 340 Å². The molecule has 27 aromatic rings. The van der Waals surface area contributed by atoms with E-state index in [2.05, 4.69) is 450 Å². The van der Waals surface area contributed by atoms with Gasteiger partial charge in [0.25, 0.3) is 0 Å². The summed E-state index contributed by atoms with van der Waals surface area (Å²) >= 11 is 5.47. The predicted octanol–water partition coefficient (Wildman–Crippen LogP) is 33.4. The molecule has 132 heavy (non-hydrogen) atoms. The van der Waals surface area contributed by atoms with Gasteiger partial charge in [-0.2, -0.15) is 0 Å². The van der Waals surface area contributed by atoms with E-state index in [1.807, 2.05) is 58.3 Å². The molecular formula is C121H76N8S3. The Morgan fingerprint density at radius 3 is 0.750 bits per heavy atom. The van der Waals surface area contributed by atoms with Crippen LogP contribution >= 0.6 is 34.0 Å². The topological polar surface area (TPSA) is 79.2 Å². The highest BCUT2D eigenvalue weighted by Gasteiger charge is 2.25. The number of thiophene rings is 3. The van der Waals surface area contributed by atoms with E-state index in [4.69, 9.17) is 24.9 Å². The normalized spacial score (nSPS) is 11.6. The molecule has 18 aromatic carbocycles. The molecule has 0 saturated heterocycles. The van der Waals surface area contributed by atoms with Gasteiger partial charge in [-0.05, 0) is 132 Å². The van der Waals surface area contributed by atoms with Crippen LogP contribution in [0.1, 0.15) is 0 Å². The van der Waals surface area contributed by atoms with Gasteiger partial charge >= 0.3 is 0 Å². The monoisotopic (exact) mass is 1740 g/mol. The molecule has 0 saturated carbocycles. The molecule has 0 atom stereocenters. The summed E-state index contributed by atoms with van der Waals surface area (Å²) in [6.45, 7) is 0. The number of pyridine rings is 1. The van der Waals surface area contributed by atoms with Crippen LogP contribution in [0.4, 0.5) is 0 Å². The number of nitrogens with zero attached hydrogens (tertiary/aromatic N) is 8. The van der Waals surface area contributed by atoms with Gasteiger partial charge in [-0.15, -0.1) is 34.0 Å². The standard InChI is InChI=1S/C46H29N3S.C40H25N3S.C35H22N2S/c1-3-14-30(15-4-1)32-18-13-19-33(26-32)41-29-40(31-16-5-2-6-17-31)47-46(48-41)39-28-34(27-38-37-22-9-12-25-44(37)50-45(38)39)49-42-23-10-7-20-35(42)36-21-8-11-24-43(36)49;1-3-13-26(14-4-1)34-25-35(27-15-5-2-6-16-27)42-40(41-34)33-24-28(23-32-31-19-9-12-22-38(31)44-39(32)33)43-36-20-10-7-17-29(36)30-18-8-11-21-37(30)43;1-2-11-23(12-3-1)30-16-10-17-31(36-30)29-22-24(21-28-27-15-6-9-20-34(27)38-35(28)29)37-32-18-7-4-13-25(32)26-14-5-8-19-33(26)37/h1-29H;1-25H;1-22H. The molecule has 618 valence electrons. The van der Waals surface area contributed by atoms with E-state index in [9.17, 15) is 0 Å². The number of rotatable bonds is 12. The number of para-hydroxylation sites is 6. The van der Waals surface area contributed by atoms with Gasteiger partial charge in [-0.25, -0.2) is 24.9 Å². The van der Waals surface area contributed by atoms with Crippen molar-refractivity contribution in [2.75, 3.05) is 0 Å². The third-order valence-electron chi connectivity index (χ3n) is 25.4. The molecule has 0 aliphatic carbocycles. The fourth-order valence-electron chi connectivity index (χ4n) is 19.3. The van der Waals surface area contributed by atoms with Crippen molar-refractivity contribution in [3.05, 3.63) is 461 Å². The summed E-state index contributed by atoms with van der Waals surface area (Å²) in [4.78, 5) is 26.4. The minimum atomic E-state index is 0.714. The third kappa shape index (κ3) is 13.8. The maximum absolute atomic E-state index is 5.39. The van der Waals surface area contributed by atoms with E-state index in [0.717, 1.165) is 102 Å². The van der Waals surface area contributed by atoms with Crippen LogP contribution in [0.5, 0.6) is 0 Å². The molecule has 0 fully saturated rings. The summed E-state index contributed by atoms with van der Waals surface area (Å²) in [6, 6.07) is 164. The molecule has 0 radical (unpaired) electrons. The van der Waals surface area contributed by atoms with E-state index in [1.54, 1.807) is 0 Å². The molecule has 0 bridgehead atoms. The van der Waals surface area contributed by atoms with Crippen molar-refractivity contribution in [1.29, 1.82) is 0 Å². The van der Waals surface area contributed by atoms with Gasteiger partial charge in [0.1, 0.15) is 0 Å². The van der Waals surface area contributed by atoms with Crippen molar-refractivity contribution in [2.45, 2.75) is 0 Å². The van der Waals surface area contributed by atoms with Crippen LogP contribution in [0.2, 0.25) is 0 Å². The summed E-state index contributed by atoms with van der Waals surface area (Å²) in [5.74, 6) is 1.44. The zero-order valence-electron chi connectivity index (χ0n) is 71.2. The molecule has 0 aliphatic heterocycles. The van der Waals surface area contributed by atoms with Crippen molar-refractivity contribution < 1.29 is 0 Å². The first-order valence-corrected chi connectivity index (χ1v) is 46.9. The summed E-state index contributed by atoms with van der Waals surface area (Å²) < 4.78 is 14.6. The molecule has 8 nitrogen and oxygen atoms in total. The SMILES string of the molecule is c1ccc(-c2cc(-c3ccccc3)nc(-c3cc(-n4c5ccccc5c5ccccc54)cc4c3sc3ccccc34)n2)cc1.c1ccc(-c2cccc(-c3cc(-c4ccccc4)nc(-c4cc(-n5c6ccccc6c6ccccc65)cc5c4sc4ccccc45)n3)c2)cc1.c1ccc(-c2cccc(-c3cc(-n4c5ccccc5c5ccccc54)cc4c3sc3ccccc34)n2)cc1. The second-order valence-electron chi connectivity index (χ2n) is 33.3. The van der Waals surface area contributed by atoms with E-state index < -0.39 is 0 Å². The Labute approximate surface area is 772 Å². The van der Waals surface area contributed by atoms with Gasteiger partial charge in [0.05, 0.1) is 67.3 Å². The highest BCUT2D eigenvalue weighted by atomic mass is 32.1. The van der Waals surface area contributed by atoms with Crippen LogP contribution in [-0.4, -0.2) is 38.6 Å². The third-order valence-corrected chi connectivity index (χ3v) is 29.1. The Bertz CT molecular complexity index is 8950. The molecule has 0 aliphatic rings. The second kappa shape index (κ2) is 32.9.